The molecule has 1 aromatic carbocycles. The average molecular weight is 571 g/mol. The van der Waals surface area contributed by atoms with Gasteiger partial charge in [-0.3, -0.25) is 9.69 Å². The number of anilines is 1. The lowest BCUT2D eigenvalue weighted by Crippen LogP contribution is -2.39. The lowest BCUT2D eigenvalue weighted by atomic mass is 10.0. The molecule has 210 valence electrons. The Hall–Kier alpha value is -3.84. The summed E-state index contributed by atoms with van der Waals surface area (Å²) in [4.78, 5) is 28.5. The second-order valence-corrected chi connectivity index (χ2v) is 11.0. The van der Waals surface area contributed by atoms with Crippen LogP contribution in [-0.2, 0) is 19.5 Å². The van der Waals surface area contributed by atoms with E-state index in [4.69, 9.17) is 11.1 Å². The third-order valence-electron chi connectivity index (χ3n) is 7.20. The third kappa shape index (κ3) is 5.99. The van der Waals surface area contributed by atoms with Crippen molar-refractivity contribution in [1.29, 1.82) is 5.41 Å². The maximum atomic E-state index is 12.9. The quantitative estimate of drug-likeness (QED) is 0.269. The summed E-state index contributed by atoms with van der Waals surface area (Å²) >= 11 is 1.05. The predicted octanol–water partition coefficient (Wildman–Crippen LogP) is 4.38. The zero-order chi connectivity index (χ0) is 28.4. The van der Waals surface area contributed by atoms with Gasteiger partial charge < -0.3 is 21.0 Å². The first kappa shape index (κ1) is 27.7. The summed E-state index contributed by atoms with van der Waals surface area (Å²) in [5, 5.41) is 11.6. The molecule has 4 N–H and O–H groups in total. The van der Waals surface area contributed by atoms with Crippen LogP contribution >= 0.6 is 11.3 Å². The summed E-state index contributed by atoms with van der Waals surface area (Å²) < 4.78 is 40.2. The molecule has 1 aliphatic heterocycles. The van der Waals surface area contributed by atoms with Crippen LogP contribution in [0.1, 0.15) is 28.8 Å². The summed E-state index contributed by atoms with van der Waals surface area (Å²) in [7, 11) is 0. The van der Waals surface area contributed by atoms with E-state index >= 15 is 0 Å². The van der Waals surface area contributed by atoms with E-state index in [-0.39, 0.29) is 23.0 Å². The van der Waals surface area contributed by atoms with Gasteiger partial charge in [-0.05, 0) is 43.0 Å². The average Bonchev–Trinajstić information content (AvgIpc) is 3.32. The van der Waals surface area contributed by atoms with Crippen molar-refractivity contribution in [2.45, 2.75) is 51.5 Å². The van der Waals surface area contributed by atoms with Crippen LogP contribution in [0.15, 0.2) is 47.3 Å². The Bertz CT molecular complexity index is 1640. The Morgan fingerprint density at radius 2 is 2.02 bits per heavy atom. The maximum absolute atomic E-state index is 12.9. The molecule has 40 heavy (non-hydrogen) atoms. The van der Waals surface area contributed by atoms with Crippen molar-refractivity contribution < 1.29 is 13.2 Å². The molecule has 9 nitrogen and oxygen atoms in total. The first-order chi connectivity index (χ1) is 19.1. The molecule has 0 saturated carbocycles. The Balaban J connectivity index is 1.26. The first-order valence-corrected chi connectivity index (χ1v) is 13.6. The molecular formula is C27H29F3N8OS. The summed E-state index contributed by atoms with van der Waals surface area (Å²) in [5.74, 6) is 0.575. The van der Waals surface area contributed by atoms with E-state index in [1.54, 1.807) is 10.6 Å². The molecule has 3 aromatic heterocycles. The van der Waals surface area contributed by atoms with Crippen LogP contribution in [0.2, 0.25) is 0 Å². The second kappa shape index (κ2) is 11.3. The second-order valence-electron chi connectivity index (χ2n) is 9.93. The monoisotopic (exact) mass is 570 g/mol. The highest BCUT2D eigenvalue weighted by Crippen LogP contribution is 2.33. The SMILES string of the molecule is Cc1c(CN2CCC(Nc3ncnc4sc(CC(F)(F)F)cc34)CC2)ccc2c1ncc(=O)n2C/C(C=N)=C/N. The number of nitrogens with two attached hydrogens (primary N) is 1. The van der Waals surface area contributed by atoms with Gasteiger partial charge in [0.15, 0.2) is 0 Å². The number of rotatable bonds is 8. The number of fused-ring (bicyclic) bond motifs is 2. The minimum atomic E-state index is -4.26. The molecule has 5 rings (SSSR count). The van der Waals surface area contributed by atoms with E-state index < -0.39 is 12.6 Å². The number of alkyl halides is 3. The summed E-state index contributed by atoms with van der Waals surface area (Å²) in [5.41, 5.74) is 9.40. The first-order valence-electron chi connectivity index (χ1n) is 12.8. The van der Waals surface area contributed by atoms with Gasteiger partial charge in [0.2, 0.25) is 0 Å². The van der Waals surface area contributed by atoms with Gasteiger partial charge in [-0.25, -0.2) is 15.0 Å². The summed E-state index contributed by atoms with van der Waals surface area (Å²) in [6, 6.07) is 5.60. The highest BCUT2D eigenvalue weighted by atomic mass is 32.1. The largest absolute Gasteiger partial charge is 0.404 e. The molecule has 1 fully saturated rings. The topological polar surface area (TPSA) is 126 Å². The molecule has 0 atom stereocenters. The number of allylic oxidation sites excluding steroid dienone is 1. The number of nitrogens with one attached hydrogen (secondary N) is 2. The number of halogens is 3. The molecule has 0 amide bonds. The smallest absolute Gasteiger partial charge is 0.393 e. The number of piperidine rings is 1. The predicted molar refractivity (Wildman–Crippen MR) is 151 cm³/mol. The normalized spacial score (nSPS) is 15.7. The molecule has 13 heteroatoms. The number of aromatic nitrogens is 4. The fourth-order valence-corrected chi connectivity index (χ4v) is 6.08. The minimum absolute atomic E-state index is 0.146. The number of hydrogen-bond donors (Lipinski definition) is 3. The molecule has 0 aliphatic carbocycles. The molecule has 0 spiro atoms. The molecule has 4 aromatic rings. The van der Waals surface area contributed by atoms with E-state index in [2.05, 4.69) is 25.2 Å². The van der Waals surface area contributed by atoms with Gasteiger partial charge in [0, 0.05) is 48.5 Å². The van der Waals surface area contributed by atoms with Crippen LogP contribution in [-0.4, -0.2) is 55.9 Å². The molecular weight excluding hydrogens is 541 g/mol. The molecule has 0 radical (unpaired) electrons. The number of aryl methyl sites for hydroxylation is 1. The van der Waals surface area contributed by atoms with Gasteiger partial charge >= 0.3 is 6.18 Å². The van der Waals surface area contributed by atoms with E-state index in [0.717, 1.165) is 66.7 Å². The van der Waals surface area contributed by atoms with E-state index in [1.165, 1.54) is 18.7 Å². The number of nitrogens with zero attached hydrogens (tertiary/aromatic N) is 5. The highest BCUT2D eigenvalue weighted by molar-refractivity contribution is 7.18. The van der Waals surface area contributed by atoms with Crippen molar-refractivity contribution in [3.63, 3.8) is 0 Å². The van der Waals surface area contributed by atoms with Crippen molar-refractivity contribution in [3.8, 4) is 0 Å². The van der Waals surface area contributed by atoms with Gasteiger partial charge in [0.25, 0.3) is 5.56 Å². The van der Waals surface area contributed by atoms with E-state index in [1.807, 2.05) is 19.1 Å². The van der Waals surface area contributed by atoms with Crippen molar-refractivity contribution in [3.05, 3.63) is 68.9 Å². The Labute approximate surface area is 232 Å². The van der Waals surface area contributed by atoms with Gasteiger partial charge in [0.1, 0.15) is 17.0 Å². The van der Waals surface area contributed by atoms with Crippen LogP contribution in [0.25, 0.3) is 21.3 Å². The van der Waals surface area contributed by atoms with Crippen LogP contribution < -0.4 is 16.6 Å². The minimum Gasteiger partial charge on any atom is -0.404 e. The van der Waals surface area contributed by atoms with Gasteiger partial charge in [-0.1, -0.05) is 6.07 Å². The van der Waals surface area contributed by atoms with Gasteiger partial charge in [0.05, 0.1) is 35.6 Å². The zero-order valence-electron chi connectivity index (χ0n) is 21.8. The number of likely N-dealkylation sites (tertiary alicyclic amines) is 1. The number of benzene rings is 1. The van der Waals surface area contributed by atoms with Crippen LogP contribution in [0.5, 0.6) is 0 Å². The van der Waals surface area contributed by atoms with Crippen LogP contribution in [0, 0.1) is 12.3 Å². The van der Waals surface area contributed by atoms with Gasteiger partial charge in [-0.2, -0.15) is 13.2 Å². The molecule has 0 bridgehead atoms. The summed E-state index contributed by atoms with van der Waals surface area (Å²) in [6.07, 6.45) is 1.63. The van der Waals surface area contributed by atoms with E-state index in [0.29, 0.717) is 27.1 Å². The van der Waals surface area contributed by atoms with Crippen LogP contribution in [0.3, 0.4) is 0 Å². The van der Waals surface area contributed by atoms with Crippen LogP contribution in [0.4, 0.5) is 19.0 Å². The Morgan fingerprint density at radius 1 is 1.25 bits per heavy atom. The Morgan fingerprint density at radius 3 is 2.73 bits per heavy atom. The van der Waals surface area contributed by atoms with Crippen molar-refractivity contribution in [1.82, 2.24) is 24.4 Å². The lowest BCUT2D eigenvalue weighted by molar-refractivity contribution is -0.126. The van der Waals surface area contributed by atoms with Gasteiger partial charge in [-0.15, -0.1) is 11.3 Å². The van der Waals surface area contributed by atoms with Crippen molar-refractivity contribution in [2.75, 3.05) is 18.4 Å². The zero-order valence-corrected chi connectivity index (χ0v) is 22.6. The molecule has 1 saturated heterocycles. The highest BCUT2D eigenvalue weighted by Gasteiger charge is 2.29. The number of thiophene rings is 1. The fourth-order valence-electron chi connectivity index (χ4n) is 5.05. The van der Waals surface area contributed by atoms with Crippen molar-refractivity contribution in [2.24, 2.45) is 5.73 Å². The molecule has 0 unspecified atom stereocenters. The standard InChI is InChI=1S/C27H29F3N8OS/c1-16-18(2-3-22-24(16)33-12-23(39)38(22)13-17(10-31)11-32)14-37-6-4-19(5-7-37)36-25-21-8-20(9-27(28,29)30)40-26(21)35-15-34-25/h2-3,8,10-12,15,19,31H,4-7,9,13-14,32H2,1H3,(H,34,35,36)/b17-11+,31-10?. The molecule has 4 heterocycles. The maximum Gasteiger partial charge on any atom is 0.393 e. The summed E-state index contributed by atoms with van der Waals surface area (Å²) in [6.45, 7) is 4.60. The molecule has 1 aliphatic rings. The third-order valence-corrected chi connectivity index (χ3v) is 8.24. The van der Waals surface area contributed by atoms with E-state index in [9.17, 15) is 18.0 Å². The number of hydrogen-bond acceptors (Lipinski definition) is 9. The van der Waals surface area contributed by atoms with Crippen molar-refractivity contribution >= 4 is 44.6 Å². The fraction of sp³-hybridized carbons (Fsp3) is 0.370. The lowest BCUT2D eigenvalue weighted by Gasteiger charge is -2.33. The Kier molecular flexibility index (Phi) is 7.86.